The number of carbonyl (C=O) groups excluding carboxylic acids is 2. The third kappa shape index (κ3) is 3.77. The van der Waals surface area contributed by atoms with Gasteiger partial charge in [-0.1, -0.05) is 30.3 Å². The summed E-state index contributed by atoms with van der Waals surface area (Å²) in [6, 6.07) is 9.23. The molecule has 0 aliphatic carbocycles. The molecule has 0 fully saturated rings. The average molecular weight is 355 g/mol. The maximum Gasteiger partial charge on any atom is 0.376 e. The molecule has 0 amide bonds. The second-order valence-electron chi connectivity index (χ2n) is 5.34. The van der Waals surface area contributed by atoms with Crippen molar-refractivity contribution in [3.63, 3.8) is 0 Å². The van der Waals surface area contributed by atoms with E-state index in [1.807, 2.05) is 30.3 Å². The number of nitrogens with zero attached hydrogens (tertiary/aromatic N) is 4. The van der Waals surface area contributed by atoms with E-state index in [0.29, 0.717) is 5.52 Å². The van der Waals surface area contributed by atoms with Crippen LogP contribution in [0.15, 0.2) is 36.7 Å². The fraction of sp³-hybridized carbons (Fsp3) is 0.235. The smallest absolute Gasteiger partial charge is 0.376 e. The van der Waals surface area contributed by atoms with Crippen molar-refractivity contribution in [2.24, 2.45) is 0 Å². The van der Waals surface area contributed by atoms with Gasteiger partial charge in [-0.3, -0.25) is 4.79 Å². The lowest BCUT2D eigenvalue weighted by Crippen LogP contribution is -2.15. The molecule has 26 heavy (non-hydrogen) atoms. The summed E-state index contributed by atoms with van der Waals surface area (Å²) in [6.45, 7) is 1.97. The van der Waals surface area contributed by atoms with Crippen LogP contribution in [0.3, 0.4) is 0 Å². The molecule has 0 bridgehead atoms. The lowest BCUT2D eigenvalue weighted by molar-refractivity contribution is -0.143. The highest BCUT2D eigenvalue weighted by atomic mass is 16.5. The molecule has 9 nitrogen and oxygen atoms in total. The van der Waals surface area contributed by atoms with Crippen LogP contribution in [-0.4, -0.2) is 38.1 Å². The second kappa shape index (κ2) is 7.60. The van der Waals surface area contributed by atoms with Gasteiger partial charge in [0.25, 0.3) is 0 Å². The Bertz CT molecular complexity index is 939. The minimum Gasteiger partial charge on any atom is -0.465 e. The van der Waals surface area contributed by atoms with Crippen LogP contribution in [0.25, 0.3) is 11.2 Å². The Kier molecular flexibility index (Phi) is 5.07. The predicted octanol–water partition coefficient (Wildman–Crippen LogP) is 1.33. The van der Waals surface area contributed by atoms with E-state index in [0.717, 1.165) is 5.56 Å². The maximum atomic E-state index is 12.2. The van der Waals surface area contributed by atoms with E-state index >= 15 is 0 Å². The van der Waals surface area contributed by atoms with E-state index in [1.165, 1.54) is 10.9 Å². The monoisotopic (exact) mass is 355 g/mol. The molecular formula is C17H17N5O4. The molecule has 1 aromatic carbocycles. The largest absolute Gasteiger partial charge is 0.465 e. The SMILES string of the molecule is CCOC(=O)Cn1cnc2c(N)nc(C(=O)OCc3ccccc3)nc21. The first-order valence-electron chi connectivity index (χ1n) is 7.93. The predicted molar refractivity (Wildman–Crippen MR) is 91.9 cm³/mol. The summed E-state index contributed by atoms with van der Waals surface area (Å²) in [5.41, 5.74) is 7.25. The molecule has 3 aromatic rings. The molecular weight excluding hydrogens is 338 g/mol. The Morgan fingerprint density at radius 2 is 1.92 bits per heavy atom. The van der Waals surface area contributed by atoms with Crippen molar-refractivity contribution < 1.29 is 19.1 Å². The zero-order valence-corrected chi connectivity index (χ0v) is 14.1. The molecule has 134 valence electrons. The van der Waals surface area contributed by atoms with Crippen molar-refractivity contribution in [3.05, 3.63) is 48.0 Å². The van der Waals surface area contributed by atoms with Crippen LogP contribution in [0, 0.1) is 0 Å². The number of ether oxygens (including phenoxy) is 2. The van der Waals surface area contributed by atoms with Gasteiger partial charge in [0, 0.05) is 0 Å². The third-order valence-corrected chi connectivity index (χ3v) is 3.49. The summed E-state index contributed by atoms with van der Waals surface area (Å²) < 4.78 is 11.6. The molecule has 2 N–H and O–H groups in total. The van der Waals surface area contributed by atoms with Gasteiger partial charge in [0.1, 0.15) is 18.7 Å². The number of nitrogen functional groups attached to an aromatic ring is 1. The number of esters is 2. The molecule has 9 heteroatoms. The first-order chi connectivity index (χ1) is 12.6. The van der Waals surface area contributed by atoms with Crippen molar-refractivity contribution in [2.75, 3.05) is 12.3 Å². The van der Waals surface area contributed by atoms with Crippen LogP contribution in [0.1, 0.15) is 23.1 Å². The summed E-state index contributed by atoms with van der Waals surface area (Å²) >= 11 is 0. The molecule has 2 heterocycles. The first-order valence-corrected chi connectivity index (χ1v) is 7.93. The van der Waals surface area contributed by atoms with Gasteiger partial charge >= 0.3 is 11.9 Å². The number of nitrogens with two attached hydrogens (primary N) is 1. The fourth-order valence-electron chi connectivity index (χ4n) is 2.31. The fourth-order valence-corrected chi connectivity index (χ4v) is 2.31. The highest BCUT2D eigenvalue weighted by molar-refractivity contribution is 5.91. The van der Waals surface area contributed by atoms with Crippen molar-refractivity contribution in [3.8, 4) is 0 Å². The minimum absolute atomic E-state index is 0.0317. The van der Waals surface area contributed by atoms with Crippen LogP contribution in [0.5, 0.6) is 0 Å². The van der Waals surface area contributed by atoms with Gasteiger partial charge in [-0.2, -0.15) is 0 Å². The average Bonchev–Trinajstić information content (AvgIpc) is 3.04. The van der Waals surface area contributed by atoms with E-state index in [1.54, 1.807) is 6.92 Å². The highest BCUT2D eigenvalue weighted by Gasteiger charge is 2.18. The second-order valence-corrected chi connectivity index (χ2v) is 5.34. The van der Waals surface area contributed by atoms with Gasteiger partial charge < -0.3 is 19.8 Å². The standard InChI is InChI=1S/C17H17N5O4/c1-2-25-12(23)8-22-10-19-13-14(18)20-15(21-16(13)22)17(24)26-9-11-6-4-3-5-7-11/h3-7,10H,2,8-9H2,1H3,(H2,18,20,21). The number of hydrogen-bond donors (Lipinski definition) is 1. The van der Waals surface area contributed by atoms with Gasteiger partial charge in [0.05, 0.1) is 12.9 Å². The van der Waals surface area contributed by atoms with Gasteiger partial charge in [0.15, 0.2) is 11.5 Å². The minimum atomic E-state index is -0.716. The Balaban J connectivity index is 1.82. The Labute approximate surface area is 148 Å². The van der Waals surface area contributed by atoms with Crippen molar-refractivity contribution in [2.45, 2.75) is 20.1 Å². The molecule has 0 atom stereocenters. The van der Waals surface area contributed by atoms with Gasteiger partial charge in [-0.15, -0.1) is 0 Å². The summed E-state index contributed by atoms with van der Waals surface area (Å²) in [5.74, 6) is -1.33. The van der Waals surface area contributed by atoms with Crippen LogP contribution < -0.4 is 5.73 Å². The summed E-state index contributed by atoms with van der Waals surface area (Å²) in [4.78, 5) is 36.1. The third-order valence-electron chi connectivity index (χ3n) is 3.49. The van der Waals surface area contributed by atoms with Crippen molar-refractivity contribution in [1.82, 2.24) is 19.5 Å². The lowest BCUT2D eigenvalue weighted by atomic mass is 10.2. The van der Waals surface area contributed by atoms with E-state index in [-0.39, 0.29) is 37.0 Å². The summed E-state index contributed by atoms with van der Waals surface area (Å²) in [6.07, 6.45) is 1.39. The molecule has 0 spiro atoms. The number of fused-ring (bicyclic) bond motifs is 1. The molecule has 2 aromatic heterocycles. The number of carbonyl (C=O) groups is 2. The van der Waals surface area contributed by atoms with E-state index in [4.69, 9.17) is 15.2 Å². The van der Waals surface area contributed by atoms with E-state index in [9.17, 15) is 9.59 Å². The quantitative estimate of drug-likeness (QED) is 0.657. The Hall–Kier alpha value is -3.49. The number of benzene rings is 1. The lowest BCUT2D eigenvalue weighted by Gasteiger charge is -2.06. The molecule has 0 aliphatic heterocycles. The molecule has 0 unspecified atom stereocenters. The van der Waals surface area contributed by atoms with Crippen LogP contribution in [0.2, 0.25) is 0 Å². The number of aromatic nitrogens is 4. The topological polar surface area (TPSA) is 122 Å². The summed E-state index contributed by atoms with van der Waals surface area (Å²) in [5, 5.41) is 0. The number of anilines is 1. The van der Waals surface area contributed by atoms with Crippen molar-refractivity contribution >= 4 is 28.9 Å². The summed E-state index contributed by atoms with van der Waals surface area (Å²) in [7, 11) is 0. The number of imidazole rings is 1. The highest BCUT2D eigenvalue weighted by Crippen LogP contribution is 2.17. The Morgan fingerprint density at radius 3 is 2.65 bits per heavy atom. The zero-order valence-electron chi connectivity index (χ0n) is 14.1. The van der Waals surface area contributed by atoms with E-state index < -0.39 is 11.9 Å². The zero-order chi connectivity index (χ0) is 18.5. The number of rotatable bonds is 6. The van der Waals surface area contributed by atoms with Gasteiger partial charge in [-0.05, 0) is 12.5 Å². The van der Waals surface area contributed by atoms with Gasteiger partial charge in [0.2, 0.25) is 5.82 Å². The van der Waals surface area contributed by atoms with Gasteiger partial charge in [-0.25, -0.2) is 19.7 Å². The van der Waals surface area contributed by atoms with Crippen LogP contribution in [-0.2, 0) is 27.4 Å². The molecule has 0 aliphatic rings. The normalized spacial score (nSPS) is 10.7. The van der Waals surface area contributed by atoms with Crippen LogP contribution in [0.4, 0.5) is 5.82 Å². The first kappa shape index (κ1) is 17.3. The molecule has 0 radical (unpaired) electrons. The molecule has 0 saturated heterocycles. The number of hydrogen-bond acceptors (Lipinski definition) is 8. The molecule has 0 saturated carbocycles. The van der Waals surface area contributed by atoms with Crippen LogP contribution >= 0.6 is 0 Å². The van der Waals surface area contributed by atoms with E-state index in [2.05, 4.69) is 15.0 Å². The maximum absolute atomic E-state index is 12.2. The van der Waals surface area contributed by atoms with Crippen molar-refractivity contribution in [1.29, 1.82) is 0 Å². The molecule has 3 rings (SSSR count). The Morgan fingerprint density at radius 1 is 1.15 bits per heavy atom.